The Balaban J connectivity index is 2.39. The summed E-state index contributed by atoms with van der Waals surface area (Å²) < 4.78 is 0. The Morgan fingerprint density at radius 3 is 2.82 bits per heavy atom. The molecule has 0 unspecified atom stereocenters. The average Bonchev–Trinajstić information content (AvgIpc) is 2.31. The Morgan fingerprint density at radius 2 is 2.12 bits per heavy atom. The van der Waals surface area contributed by atoms with Gasteiger partial charge in [0.25, 0.3) is 0 Å². The molecule has 0 saturated carbocycles. The molecule has 0 aromatic heterocycles. The summed E-state index contributed by atoms with van der Waals surface area (Å²) in [6.45, 7) is 2.99. The molecule has 1 amide bonds. The van der Waals surface area contributed by atoms with Gasteiger partial charge in [-0.15, -0.1) is 0 Å². The first kappa shape index (κ1) is 14.1. The summed E-state index contributed by atoms with van der Waals surface area (Å²) in [7, 11) is 0. The number of carbonyl (C=O) groups excluding carboxylic acids is 1. The number of nitrogens with one attached hydrogen (secondary N) is 2. The van der Waals surface area contributed by atoms with Crippen molar-refractivity contribution in [3.8, 4) is 0 Å². The van der Waals surface area contributed by atoms with Gasteiger partial charge in [0.05, 0.1) is 22.3 Å². The van der Waals surface area contributed by atoms with Gasteiger partial charge in [-0.2, -0.15) is 0 Å². The zero-order valence-electron chi connectivity index (χ0n) is 9.72. The van der Waals surface area contributed by atoms with Crippen LogP contribution in [-0.2, 0) is 4.79 Å². The molecule has 94 valence electrons. The molecule has 1 rings (SSSR count). The summed E-state index contributed by atoms with van der Waals surface area (Å²) in [5.74, 6) is -0.0468. The third kappa shape index (κ3) is 4.84. The molecule has 0 fully saturated rings. The van der Waals surface area contributed by atoms with Gasteiger partial charge in [-0.25, -0.2) is 0 Å². The van der Waals surface area contributed by atoms with Gasteiger partial charge < -0.3 is 10.6 Å². The van der Waals surface area contributed by atoms with Crippen LogP contribution < -0.4 is 10.6 Å². The molecular weight excluding hydrogens is 259 g/mol. The van der Waals surface area contributed by atoms with E-state index in [4.69, 9.17) is 23.2 Å². The Hall–Kier alpha value is -0.930. The van der Waals surface area contributed by atoms with E-state index in [1.807, 2.05) is 0 Å². The van der Waals surface area contributed by atoms with Gasteiger partial charge in [0.15, 0.2) is 0 Å². The van der Waals surface area contributed by atoms with E-state index in [1.165, 1.54) is 0 Å². The lowest BCUT2D eigenvalue weighted by atomic mass is 10.3. The van der Waals surface area contributed by atoms with E-state index >= 15 is 0 Å². The molecule has 0 bridgehead atoms. The van der Waals surface area contributed by atoms with Crippen LogP contribution in [0.2, 0.25) is 10.0 Å². The summed E-state index contributed by atoms with van der Waals surface area (Å²) in [5, 5.41) is 6.68. The summed E-state index contributed by atoms with van der Waals surface area (Å²) >= 11 is 11.8. The lowest BCUT2D eigenvalue weighted by Gasteiger charge is -2.09. The monoisotopic (exact) mass is 274 g/mol. The van der Waals surface area contributed by atoms with Crippen LogP contribution in [-0.4, -0.2) is 19.0 Å². The van der Waals surface area contributed by atoms with Crippen molar-refractivity contribution < 1.29 is 4.79 Å². The van der Waals surface area contributed by atoms with Gasteiger partial charge in [-0.3, -0.25) is 4.79 Å². The van der Waals surface area contributed by atoms with Gasteiger partial charge in [0, 0.05) is 6.54 Å². The van der Waals surface area contributed by atoms with Crippen LogP contribution in [0, 0.1) is 0 Å². The number of unbranched alkanes of at least 4 members (excludes halogenated alkanes) is 1. The fourth-order valence-electron chi connectivity index (χ4n) is 1.28. The standard InChI is InChI=1S/C12H16Cl2N2O/c1-2-3-7-15-11(17)8-16-10-6-4-5-9(13)12(10)14/h4-6,16H,2-3,7-8H2,1H3,(H,15,17). The minimum atomic E-state index is -0.0468. The van der Waals surface area contributed by atoms with Crippen molar-refractivity contribution in [2.24, 2.45) is 0 Å². The Bertz CT molecular complexity index is 383. The number of carbonyl (C=O) groups is 1. The maximum absolute atomic E-state index is 11.4. The normalized spacial score (nSPS) is 10.1. The Labute approximate surface area is 111 Å². The molecule has 0 heterocycles. The number of hydrogen-bond donors (Lipinski definition) is 2. The highest BCUT2D eigenvalue weighted by Crippen LogP contribution is 2.29. The van der Waals surface area contributed by atoms with E-state index in [-0.39, 0.29) is 12.5 Å². The molecule has 0 saturated heterocycles. The lowest BCUT2D eigenvalue weighted by Crippen LogP contribution is -2.30. The maximum Gasteiger partial charge on any atom is 0.239 e. The zero-order valence-corrected chi connectivity index (χ0v) is 11.2. The smallest absolute Gasteiger partial charge is 0.239 e. The van der Waals surface area contributed by atoms with Crippen LogP contribution >= 0.6 is 23.2 Å². The molecule has 1 aromatic rings. The van der Waals surface area contributed by atoms with E-state index in [9.17, 15) is 4.79 Å². The number of amides is 1. The molecular formula is C12H16Cl2N2O. The van der Waals surface area contributed by atoms with E-state index in [1.54, 1.807) is 18.2 Å². The topological polar surface area (TPSA) is 41.1 Å². The maximum atomic E-state index is 11.4. The lowest BCUT2D eigenvalue weighted by molar-refractivity contribution is -0.119. The second-order valence-corrected chi connectivity index (χ2v) is 4.44. The molecule has 17 heavy (non-hydrogen) atoms. The highest BCUT2D eigenvalue weighted by Gasteiger charge is 2.05. The van der Waals surface area contributed by atoms with Crippen molar-refractivity contribution in [2.75, 3.05) is 18.4 Å². The van der Waals surface area contributed by atoms with Crippen molar-refractivity contribution in [2.45, 2.75) is 19.8 Å². The molecule has 3 nitrogen and oxygen atoms in total. The highest BCUT2D eigenvalue weighted by atomic mass is 35.5. The minimum Gasteiger partial charge on any atom is -0.375 e. The molecule has 0 radical (unpaired) electrons. The first-order chi connectivity index (χ1) is 8.15. The minimum absolute atomic E-state index is 0.0468. The predicted octanol–water partition coefficient (Wildman–Crippen LogP) is 3.32. The summed E-state index contributed by atoms with van der Waals surface area (Å²) in [6, 6.07) is 5.27. The molecule has 2 N–H and O–H groups in total. The van der Waals surface area contributed by atoms with Gasteiger partial charge in [0.2, 0.25) is 5.91 Å². The largest absolute Gasteiger partial charge is 0.375 e. The van der Waals surface area contributed by atoms with Gasteiger partial charge >= 0.3 is 0 Å². The Morgan fingerprint density at radius 1 is 1.35 bits per heavy atom. The number of hydrogen-bond acceptors (Lipinski definition) is 2. The quantitative estimate of drug-likeness (QED) is 0.782. The average molecular weight is 275 g/mol. The van der Waals surface area contributed by atoms with E-state index in [0.29, 0.717) is 22.3 Å². The van der Waals surface area contributed by atoms with Crippen LogP contribution in [0.15, 0.2) is 18.2 Å². The molecule has 0 aliphatic heterocycles. The molecule has 0 atom stereocenters. The fraction of sp³-hybridized carbons (Fsp3) is 0.417. The van der Waals surface area contributed by atoms with Crippen molar-refractivity contribution in [3.63, 3.8) is 0 Å². The van der Waals surface area contributed by atoms with Gasteiger partial charge in [0.1, 0.15) is 0 Å². The van der Waals surface area contributed by atoms with Crippen LogP contribution in [0.25, 0.3) is 0 Å². The van der Waals surface area contributed by atoms with Crippen molar-refractivity contribution in [1.29, 1.82) is 0 Å². The summed E-state index contributed by atoms with van der Waals surface area (Å²) in [4.78, 5) is 11.4. The Kier molecular flexibility index (Phi) is 6.16. The van der Waals surface area contributed by atoms with Crippen molar-refractivity contribution in [1.82, 2.24) is 5.32 Å². The summed E-state index contributed by atoms with van der Waals surface area (Å²) in [5.41, 5.74) is 0.671. The van der Waals surface area contributed by atoms with E-state index in [0.717, 1.165) is 12.8 Å². The predicted molar refractivity (Wildman–Crippen MR) is 72.9 cm³/mol. The molecule has 0 aliphatic carbocycles. The molecule has 5 heteroatoms. The third-order valence-corrected chi connectivity index (χ3v) is 3.06. The number of benzene rings is 1. The van der Waals surface area contributed by atoms with E-state index in [2.05, 4.69) is 17.6 Å². The molecule has 0 spiro atoms. The van der Waals surface area contributed by atoms with E-state index < -0.39 is 0 Å². The van der Waals surface area contributed by atoms with Crippen LogP contribution in [0.1, 0.15) is 19.8 Å². The SMILES string of the molecule is CCCCNC(=O)CNc1cccc(Cl)c1Cl. The van der Waals surface area contributed by atoms with Crippen LogP contribution in [0.4, 0.5) is 5.69 Å². The second-order valence-electron chi connectivity index (χ2n) is 3.66. The highest BCUT2D eigenvalue weighted by molar-refractivity contribution is 6.43. The molecule has 0 aliphatic rings. The van der Waals surface area contributed by atoms with Crippen LogP contribution in [0.3, 0.4) is 0 Å². The van der Waals surface area contributed by atoms with Crippen molar-refractivity contribution >= 4 is 34.8 Å². The first-order valence-corrected chi connectivity index (χ1v) is 6.35. The number of rotatable bonds is 6. The fourth-order valence-corrected chi connectivity index (χ4v) is 1.65. The van der Waals surface area contributed by atoms with Crippen LogP contribution in [0.5, 0.6) is 0 Å². The first-order valence-electron chi connectivity index (χ1n) is 5.59. The third-order valence-electron chi connectivity index (χ3n) is 2.24. The van der Waals surface area contributed by atoms with Gasteiger partial charge in [-0.05, 0) is 18.6 Å². The number of halogens is 2. The number of anilines is 1. The summed E-state index contributed by atoms with van der Waals surface area (Å²) in [6.07, 6.45) is 2.05. The second kappa shape index (κ2) is 7.41. The molecule has 1 aromatic carbocycles. The van der Waals surface area contributed by atoms with Gasteiger partial charge in [-0.1, -0.05) is 42.6 Å². The zero-order chi connectivity index (χ0) is 12.7. The van der Waals surface area contributed by atoms with Crippen molar-refractivity contribution in [3.05, 3.63) is 28.2 Å².